The van der Waals surface area contributed by atoms with Crippen LogP contribution in [0.2, 0.25) is 0 Å². The van der Waals surface area contributed by atoms with E-state index in [2.05, 4.69) is 52.7 Å². The molecule has 0 aromatic heterocycles. The first-order chi connectivity index (χ1) is 12.3. The largest absolute Gasteiger partial charge is 0.328 e. The van der Waals surface area contributed by atoms with Crippen molar-refractivity contribution in [2.45, 2.75) is 19.3 Å². The van der Waals surface area contributed by atoms with E-state index in [4.69, 9.17) is 0 Å². The van der Waals surface area contributed by atoms with Gasteiger partial charge in [0, 0.05) is 17.8 Å². The second-order valence-electron chi connectivity index (χ2n) is 5.76. The van der Waals surface area contributed by atoms with E-state index < -0.39 is 0 Å². The quantitative estimate of drug-likeness (QED) is 0.629. The second-order valence-corrected chi connectivity index (χ2v) is 5.76. The summed E-state index contributed by atoms with van der Waals surface area (Å²) in [4.78, 5) is 14.2. The molecular weight excluding hydrogens is 310 g/mol. The number of benzene rings is 2. The Morgan fingerprint density at radius 3 is 2.60 bits per heavy atom. The Bertz CT molecular complexity index is 704. The lowest BCUT2D eigenvalue weighted by atomic mass is 9.99. The summed E-state index contributed by atoms with van der Waals surface area (Å²) in [6.07, 6.45) is 5.72. The van der Waals surface area contributed by atoms with Crippen molar-refractivity contribution in [3.8, 4) is 0 Å². The predicted octanol–water partition coefficient (Wildman–Crippen LogP) is 4.38. The molecule has 0 aliphatic carbocycles. The van der Waals surface area contributed by atoms with Gasteiger partial charge in [-0.1, -0.05) is 48.6 Å². The molecule has 1 fully saturated rings. The number of hydrogen-bond donors (Lipinski definition) is 2. The summed E-state index contributed by atoms with van der Waals surface area (Å²) >= 11 is 0. The van der Waals surface area contributed by atoms with Crippen LogP contribution in [0.15, 0.2) is 59.6 Å². The summed E-state index contributed by atoms with van der Waals surface area (Å²) in [6, 6.07) is 16.2. The Hall–Kier alpha value is -2.72. The number of nitrogens with zero attached hydrogens (tertiary/aromatic N) is 1. The number of anilines is 1. The van der Waals surface area contributed by atoms with Gasteiger partial charge < -0.3 is 10.6 Å². The summed E-state index contributed by atoms with van der Waals surface area (Å²) in [7, 11) is 0. The number of carbonyl (C=O) groups is 1. The van der Waals surface area contributed by atoms with E-state index in [1.165, 1.54) is 18.5 Å². The smallest absolute Gasteiger partial charge is 0.211 e. The molecule has 2 aromatic carbocycles. The summed E-state index contributed by atoms with van der Waals surface area (Å²) in [6.45, 7) is 7.72. The molecule has 1 amide bonds. The monoisotopic (exact) mass is 335 g/mol. The minimum Gasteiger partial charge on any atom is -0.328 e. The zero-order valence-electron chi connectivity index (χ0n) is 14.6. The minimum atomic E-state index is 0.648. The van der Waals surface area contributed by atoms with Crippen LogP contribution in [-0.4, -0.2) is 26.2 Å². The van der Waals surface area contributed by atoms with Crippen LogP contribution in [0.3, 0.4) is 0 Å². The number of nitrogens with one attached hydrogen (secondary N) is 2. The van der Waals surface area contributed by atoms with E-state index in [-0.39, 0.29) is 0 Å². The maximum absolute atomic E-state index is 10.3. The van der Waals surface area contributed by atoms with Crippen molar-refractivity contribution in [3.63, 3.8) is 0 Å². The zero-order chi connectivity index (χ0) is 17.9. The summed E-state index contributed by atoms with van der Waals surface area (Å²) in [5, 5.41) is 5.99. The number of carbonyl (C=O) groups excluding carboxylic acids is 1. The molecule has 1 aliphatic rings. The molecule has 0 saturated carbocycles. The Kier molecular flexibility index (Phi) is 7.60. The molecule has 1 unspecified atom stereocenters. The fourth-order valence-electron chi connectivity index (χ4n) is 2.89. The van der Waals surface area contributed by atoms with E-state index in [1.54, 1.807) is 0 Å². The molecule has 1 atom stereocenters. The fourth-order valence-corrected chi connectivity index (χ4v) is 2.89. The first-order valence-electron chi connectivity index (χ1n) is 8.48. The van der Waals surface area contributed by atoms with E-state index in [9.17, 15) is 4.79 Å². The minimum absolute atomic E-state index is 0.648. The molecule has 1 saturated heterocycles. The lowest BCUT2D eigenvalue weighted by Crippen LogP contribution is -2.07. The highest BCUT2D eigenvalue weighted by Crippen LogP contribution is 2.27. The summed E-state index contributed by atoms with van der Waals surface area (Å²) < 4.78 is 0. The van der Waals surface area contributed by atoms with Crippen LogP contribution in [0, 0.1) is 0 Å². The Morgan fingerprint density at radius 2 is 2.00 bits per heavy atom. The molecule has 0 bridgehead atoms. The highest BCUT2D eigenvalue weighted by Gasteiger charge is 2.15. The Balaban J connectivity index is 0.000000185. The van der Waals surface area contributed by atoms with Crippen LogP contribution < -0.4 is 10.6 Å². The van der Waals surface area contributed by atoms with Gasteiger partial charge in [-0.25, -0.2) is 0 Å². The first kappa shape index (κ1) is 18.6. The van der Waals surface area contributed by atoms with Crippen molar-refractivity contribution in [3.05, 3.63) is 65.7 Å². The average Bonchev–Trinajstić information content (AvgIpc) is 3.19. The lowest BCUT2D eigenvalue weighted by molar-refractivity contribution is -0.105. The number of amides is 1. The molecule has 2 N–H and O–H groups in total. The second kappa shape index (κ2) is 10.2. The van der Waals surface area contributed by atoms with Gasteiger partial charge in [0.25, 0.3) is 0 Å². The van der Waals surface area contributed by atoms with E-state index in [1.807, 2.05) is 37.3 Å². The van der Waals surface area contributed by atoms with Gasteiger partial charge in [0.15, 0.2) is 0 Å². The standard InChI is InChI=1S/C11H12N2O.C10H13N/c1-3-5-9-10(12-2)6-4-7-11(9)13-8-14;1-2-4-9(5-3-1)10-6-7-11-8-10/h3-8H,2H2,1H3,(H,13,14);1-5,10-11H,6-8H2/b5-3-;. The normalized spacial score (nSPS) is 16.1. The van der Waals surface area contributed by atoms with Gasteiger partial charge >= 0.3 is 0 Å². The van der Waals surface area contributed by atoms with Gasteiger partial charge in [-0.15, -0.1) is 0 Å². The molecule has 0 spiro atoms. The van der Waals surface area contributed by atoms with Crippen molar-refractivity contribution >= 4 is 30.6 Å². The molecule has 2 aromatic rings. The zero-order valence-corrected chi connectivity index (χ0v) is 14.6. The molecule has 25 heavy (non-hydrogen) atoms. The number of allylic oxidation sites excluding steroid dienone is 1. The van der Waals surface area contributed by atoms with Crippen LogP contribution in [0.1, 0.15) is 30.4 Å². The number of hydrogen-bond acceptors (Lipinski definition) is 3. The number of aliphatic imine (C=N–C) groups is 1. The van der Waals surface area contributed by atoms with Crippen molar-refractivity contribution < 1.29 is 4.79 Å². The SMILES string of the molecule is C=Nc1cccc(NC=O)c1/C=C\C.c1ccc(C2CCNC2)cc1. The van der Waals surface area contributed by atoms with Gasteiger partial charge in [0.05, 0.1) is 5.69 Å². The van der Waals surface area contributed by atoms with Gasteiger partial charge in [-0.2, -0.15) is 0 Å². The van der Waals surface area contributed by atoms with Crippen LogP contribution in [0.25, 0.3) is 6.08 Å². The van der Waals surface area contributed by atoms with E-state index in [0.717, 1.165) is 29.4 Å². The topological polar surface area (TPSA) is 53.5 Å². The third-order valence-electron chi connectivity index (χ3n) is 4.13. The van der Waals surface area contributed by atoms with E-state index >= 15 is 0 Å². The van der Waals surface area contributed by atoms with Gasteiger partial charge in [0.2, 0.25) is 6.41 Å². The molecule has 4 nitrogen and oxygen atoms in total. The summed E-state index contributed by atoms with van der Waals surface area (Å²) in [5.74, 6) is 0.760. The van der Waals surface area contributed by atoms with Gasteiger partial charge in [-0.05, 0) is 50.2 Å². The van der Waals surface area contributed by atoms with Crippen LogP contribution in [-0.2, 0) is 4.79 Å². The maximum atomic E-state index is 10.3. The molecule has 130 valence electrons. The Labute approximate surface area is 149 Å². The molecule has 1 heterocycles. The Morgan fingerprint density at radius 1 is 1.20 bits per heavy atom. The third kappa shape index (κ3) is 5.40. The summed E-state index contributed by atoms with van der Waals surface area (Å²) in [5.41, 5.74) is 3.85. The maximum Gasteiger partial charge on any atom is 0.211 e. The first-order valence-corrected chi connectivity index (χ1v) is 8.48. The molecular formula is C21H25N3O. The van der Waals surface area contributed by atoms with Gasteiger partial charge in [0.1, 0.15) is 0 Å². The van der Waals surface area contributed by atoms with Crippen molar-refractivity contribution in [2.24, 2.45) is 4.99 Å². The van der Waals surface area contributed by atoms with Crippen molar-refractivity contribution in [2.75, 3.05) is 18.4 Å². The molecule has 4 heteroatoms. The van der Waals surface area contributed by atoms with Crippen molar-refractivity contribution in [1.29, 1.82) is 0 Å². The molecule has 3 rings (SSSR count). The highest BCUT2D eigenvalue weighted by atomic mass is 16.1. The predicted molar refractivity (Wildman–Crippen MR) is 107 cm³/mol. The fraction of sp³-hybridized carbons (Fsp3) is 0.238. The van der Waals surface area contributed by atoms with Crippen LogP contribution in [0.4, 0.5) is 11.4 Å². The van der Waals surface area contributed by atoms with Crippen LogP contribution in [0.5, 0.6) is 0 Å². The average molecular weight is 335 g/mol. The third-order valence-corrected chi connectivity index (χ3v) is 4.13. The number of rotatable bonds is 5. The van der Waals surface area contributed by atoms with Crippen molar-refractivity contribution in [1.82, 2.24) is 5.32 Å². The van der Waals surface area contributed by atoms with Crippen LogP contribution >= 0.6 is 0 Å². The van der Waals surface area contributed by atoms with Gasteiger partial charge in [-0.3, -0.25) is 9.79 Å². The molecule has 0 radical (unpaired) electrons. The highest BCUT2D eigenvalue weighted by molar-refractivity contribution is 5.83. The lowest BCUT2D eigenvalue weighted by Gasteiger charge is -2.06. The van der Waals surface area contributed by atoms with E-state index in [0.29, 0.717) is 6.41 Å². The molecule has 1 aliphatic heterocycles.